The fourth-order valence-corrected chi connectivity index (χ4v) is 2.78. The molecule has 0 aliphatic heterocycles. The number of nitrogens with zero attached hydrogens (tertiary/aromatic N) is 4. The maximum Gasteiger partial charge on any atom is 0.337 e. The number of pyridine rings is 1. The van der Waals surface area contributed by atoms with Crippen molar-refractivity contribution in [2.45, 2.75) is 10.8 Å². The van der Waals surface area contributed by atoms with Crippen LogP contribution in [0.4, 0.5) is 5.69 Å². The van der Waals surface area contributed by atoms with Gasteiger partial charge in [-0.15, -0.1) is 0 Å². The van der Waals surface area contributed by atoms with Gasteiger partial charge in [0.25, 0.3) is 5.91 Å². The number of nitrogens with one attached hydrogen (secondary N) is 1. The van der Waals surface area contributed by atoms with Crippen LogP contribution in [0.25, 0.3) is 0 Å². The normalized spacial score (nSPS) is 10.2. The Hall–Kier alpha value is -3.71. The van der Waals surface area contributed by atoms with E-state index >= 15 is 0 Å². The molecular weight excluding hydrogens is 370 g/mol. The highest BCUT2D eigenvalue weighted by Gasteiger charge is 2.15. The molecule has 1 amide bonds. The molecule has 0 aliphatic carbocycles. The highest BCUT2D eigenvalue weighted by molar-refractivity contribution is 7.98. The first kappa shape index (κ1) is 18.1. The van der Waals surface area contributed by atoms with Crippen molar-refractivity contribution in [1.29, 1.82) is 5.26 Å². The fraction of sp³-hybridized carbons (Fsp3) is 0.0588. The number of hydrogen-bond donors (Lipinski definition) is 2. The highest BCUT2D eigenvalue weighted by Crippen LogP contribution is 2.21. The van der Waals surface area contributed by atoms with Gasteiger partial charge in [-0.05, 0) is 30.3 Å². The molecule has 10 heteroatoms. The molecule has 0 radical (unpaired) electrons. The van der Waals surface area contributed by atoms with Gasteiger partial charge in [0.2, 0.25) is 6.39 Å². The minimum Gasteiger partial charge on any atom is -0.478 e. The first-order chi connectivity index (χ1) is 13.1. The van der Waals surface area contributed by atoms with E-state index in [0.717, 1.165) is 0 Å². The van der Waals surface area contributed by atoms with Crippen LogP contribution in [0.2, 0.25) is 0 Å². The van der Waals surface area contributed by atoms with Crippen LogP contribution in [0.1, 0.15) is 32.1 Å². The third-order valence-corrected chi connectivity index (χ3v) is 4.32. The summed E-state index contributed by atoms with van der Waals surface area (Å²) in [6, 6.07) is 9.11. The van der Waals surface area contributed by atoms with Crippen LogP contribution < -0.4 is 5.32 Å². The molecule has 134 valence electrons. The second kappa shape index (κ2) is 8.11. The number of carboxylic acids is 1. The van der Waals surface area contributed by atoms with Crippen molar-refractivity contribution in [2.75, 3.05) is 5.32 Å². The largest absolute Gasteiger partial charge is 0.478 e. The molecular formula is C17H11N5O4S. The summed E-state index contributed by atoms with van der Waals surface area (Å²) >= 11 is 1.38. The topological polar surface area (TPSA) is 142 Å². The van der Waals surface area contributed by atoms with Gasteiger partial charge in [0.05, 0.1) is 39.2 Å². The van der Waals surface area contributed by atoms with E-state index in [0.29, 0.717) is 16.6 Å². The van der Waals surface area contributed by atoms with E-state index in [4.69, 9.17) is 5.26 Å². The molecule has 0 saturated heterocycles. The molecule has 0 atom stereocenters. The van der Waals surface area contributed by atoms with Gasteiger partial charge in [0, 0.05) is 6.20 Å². The Kier molecular flexibility index (Phi) is 5.44. The molecule has 9 nitrogen and oxygen atoms in total. The van der Waals surface area contributed by atoms with Crippen molar-refractivity contribution < 1.29 is 19.2 Å². The van der Waals surface area contributed by atoms with Crippen LogP contribution >= 0.6 is 11.8 Å². The van der Waals surface area contributed by atoms with Gasteiger partial charge < -0.3 is 14.9 Å². The average Bonchev–Trinajstić information content (AvgIpc) is 3.20. The Balaban J connectivity index is 1.69. The Labute approximate surface area is 157 Å². The number of hydrogen-bond acceptors (Lipinski definition) is 8. The molecule has 0 aliphatic rings. The first-order valence-electron chi connectivity index (χ1n) is 7.49. The van der Waals surface area contributed by atoms with Crippen molar-refractivity contribution in [1.82, 2.24) is 15.1 Å². The molecule has 0 bridgehead atoms. The van der Waals surface area contributed by atoms with E-state index in [1.54, 1.807) is 12.1 Å². The molecule has 2 N–H and O–H groups in total. The molecule has 0 unspecified atom stereocenters. The summed E-state index contributed by atoms with van der Waals surface area (Å²) in [5.41, 5.74) is 0.388. The van der Waals surface area contributed by atoms with Crippen molar-refractivity contribution in [3.8, 4) is 6.07 Å². The second-order valence-electron chi connectivity index (χ2n) is 5.15. The molecule has 1 aromatic carbocycles. The number of benzene rings is 1. The van der Waals surface area contributed by atoms with Crippen molar-refractivity contribution >= 4 is 29.3 Å². The number of carbonyl (C=O) groups excluding carboxylic acids is 1. The summed E-state index contributed by atoms with van der Waals surface area (Å²) in [7, 11) is 0. The monoisotopic (exact) mass is 381 g/mol. The third-order valence-electron chi connectivity index (χ3n) is 3.38. The predicted molar refractivity (Wildman–Crippen MR) is 94.2 cm³/mol. The number of nitriles is 1. The molecule has 0 spiro atoms. The highest BCUT2D eigenvalue weighted by atomic mass is 32.2. The molecule has 3 aromatic rings. The van der Waals surface area contributed by atoms with Gasteiger partial charge in [-0.25, -0.2) is 9.78 Å². The summed E-state index contributed by atoms with van der Waals surface area (Å²) < 4.78 is 4.64. The lowest BCUT2D eigenvalue weighted by Crippen LogP contribution is -2.15. The predicted octanol–water partition coefficient (Wildman–Crippen LogP) is 2.58. The van der Waals surface area contributed by atoms with Crippen LogP contribution in [-0.2, 0) is 5.75 Å². The summed E-state index contributed by atoms with van der Waals surface area (Å²) in [6.45, 7) is 0. The minimum atomic E-state index is -1.24. The van der Waals surface area contributed by atoms with Crippen molar-refractivity contribution in [3.63, 3.8) is 0 Å². The minimum absolute atomic E-state index is 0.0991. The Morgan fingerprint density at radius 3 is 2.74 bits per heavy atom. The van der Waals surface area contributed by atoms with Crippen LogP contribution in [0.15, 0.2) is 52.5 Å². The molecule has 2 heterocycles. The summed E-state index contributed by atoms with van der Waals surface area (Å²) in [5, 5.41) is 25.0. The molecule has 3 rings (SSSR count). The van der Waals surface area contributed by atoms with E-state index in [-0.39, 0.29) is 22.4 Å². The number of aromatic nitrogens is 3. The lowest BCUT2D eigenvalue weighted by Gasteiger charge is -2.09. The third kappa shape index (κ3) is 4.47. The number of carboxylic acid groups (broad SMARTS) is 1. The summed E-state index contributed by atoms with van der Waals surface area (Å²) in [6.07, 6.45) is 2.63. The maximum absolute atomic E-state index is 12.4. The zero-order chi connectivity index (χ0) is 19.2. The van der Waals surface area contributed by atoms with E-state index in [2.05, 4.69) is 25.0 Å². The standard InChI is InChI=1S/C17H11N5O4S/c18-6-10-1-3-13(12(5-10)17(24)25)21-16(23)11-2-4-15(19-7-11)27-8-14-20-9-26-22-14/h1-5,7,9H,8H2,(H,21,23)(H,24,25). The number of thioether (sulfide) groups is 1. The van der Waals surface area contributed by atoms with Gasteiger partial charge in [0.1, 0.15) is 0 Å². The van der Waals surface area contributed by atoms with Crippen LogP contribution in [-0.4, -0.2) is 32.1 Å². The summed E-state index contributed by atoms with van der Waals surface area (Å²) in [5.74, 6) is -0.744. The van der Waals surface area contributed by atoms with E-state index in [1.165, 1.54) is 42.6 Å². The molecule has 0 saturated carbocycles. The van der Waals surface area contributed by atoms with E-state index in [1.807, 2.05) is 6.07 Å². The van der Waals surface area contributed by atoms with Crippen molar-refractivity contribution in [2.24, 2.45) is 0 Å². The number of amides is 1. The second-order valence-corrected chi connectivity index (χ2v) is 6.15. The van der Waals surface area contributed by atoms with Crippen LogP contribution in [0, 0.1) is 11.3 Å². The summed E-state index contributed by atoms with van der Waals surface area (Å²) in [4.78, 5) is 31.8. The Morgan fingerprint density at radius 1 is 1.26 bits per heavy atom. The zero-order valence-corrected chi connectivity index (χ0v) is 14.4. The van der Waals surface area contributed by atoms with E-state index < -0.39 is 11.9 Å². The van der Waals surface area contributed by atoms with Gasteiger partial charge in [-0.2, -0.15) is 10.2 Å². The number of aromatic carboxylic acids is 1. The Bertz CT molecular complexity index is 1010. The molecule has 0 fully saturated rings. The van der Waals surface area contributed by atoms with Crippen molar-refractivity contribution in [3.05, 3.63) is 65.4 Å². The SMILES string of the molecule is N#Cc1ccc(NC(=O)c2ccc(SCc3ncon3)nc2)c(C(=O)O)c1. The number of anilines is 1. The molecule has 27 heavy (non-hydrogen) atoms. The number of rotatable bonds is 6. The van der Waals surface area contributed by atoms with Crippen LogP contribution in [0.5, 0.6) is 0 Å². The van der Waals surface area contributed by atoms with Gasteiger partial charge >= 0.3 is 5.97 Å². The smallest absolute Gasteiger partial charge is 0.337 e. The van der Waals surface area contributed by atoms with Crippen LogP contribution in [0.3, 0.4) is 0 Å². The van der Waals surface area contributed by atoms with Gasteiger partial charge in [0.15, 0.2) is 5.82 Å². The molecule has 2 aromatic heterocycles. The fourth-order valence-electron chi connectivity index (χ4n) is 2.09. The maximum atomic E-state index is 12.4. The number of carbonyl (C=O) groups is 2. The van der Waals surface area contributed by atoms with E-state index in [9.17, 15) is 14.7 Å². The Morgan fingerprint density at radius 2 is 2.11 bits per heavy atom. The lowest BCUT2D eigenvalue weighted by molar-refractivity contribution is 0.0698. The zero-order valence-electron chi connectivity index (χ0n) is 13.6. The lowest BCUT2D eigenvalue weighted by atomic mass is 10.1. The first-order valence-corrected chi connectivity index (χ1v) is 8.48. The van der Waals surface area contributed by atoms with Gasteiger partial charge in [-0.3, -0.25) is 4.79 Å². The average molecular weight is 381 g/mol. The van der Waals surface area contributed by atoms with Gasteiger partial charge in [-0.1, -0.05) is 16.9 Å². The quantitative estimate of drug-likeness (QED) is 0.616.